The van der Waals surface area contributed by atoms with Crippen LogP contribution >= 0.6 is 0 Å². The maximum atomic E-state index is 12.9. The average Bonchev–Trinajstić information content (AvgIpc) is 2.43. The van der Waals surface area contributed by atoms with Crippen molar-refractivity contribution in [3.8, 4) is 0 Å². The zero-order valence-corrected chi connectivity index (χ0v) is 14.7. The van der Waals surface area contributed by atoms with Crippen molar-refractivity contribution in [2.75, 3.05) is 23.7 Å². The minimum atomic E-state index is -0.228. The maximum Gasteiger partial charge on any atom is 0.254 e. The molecule has 2 N–H and O–H groups in total. The van der Waals surface area contributed by atoms with Crippen LogP contribution in [0, 0.1) is 11.8 Å². The summed E-state index contributed by atoms with van der Waals surface area (Å²) in [7, 11) is 0. The standard InChI is InChI=1S/C18H25N3O3/c1-11-5-12(2)10-21(9-11)18(24)15-6-16(19-13(3)22)8-17(7-15)20-14(4)23/h6-8,11-12H,5,9-10H2,1-4H3,(H,19,22)(H,20,23)/t11-,12+. The number of rotatable bonds is 3. The van der Waals surface area contributed by atoms with E-state index in [0.29, 0.717) is 28.8 Å². The van der Waals surface area contributed by atoms with Gasteiger partial charge in [0.25, 0.3) is 5.91 Å². The average molecular weight is 331 g/mol. The van der Waals surface area contributed by atoms with Crippen LogP contribution in [0.3, 0.4) is 0 Å². The molecule has 130 valence electrons. The van der Waals surface area contributed by atoms with Crippen LogP contribution in [-0.4, -0.2) is 35.7 Å². The molecule has 0 radical (unpaired) electrons. The molecule has 2 rings (SSSR count). The summed E-state index contributed by atoms with van der Waals surface area (Å²) >= 11 is 0. The molecule has 2 atom stereocenters. The number of nitrogens with zero attached hydrogens (tertiary/aromatic N) is 1. The van der Waals surface area contributed by atoms with E-state index >= 15 is 0 Å². The lowest BCUT2D eigenvalue weighted by Gasteiger charge is -2.35. The van der Waals surface area contributed by atoms with Gasteiger partial charge in [-0.25, -0.2) is 0 Å². The molecule has 6 heteroatoms. The number of likely N-dealkylation sites (tertiary alicyclic amines) is 1. The molecule has 3 amide bonds. The Morgan fingerprint density at radius 3 is 1.79 bits per heavy atom. The van der Waals surface area contributed by atoms with Crippen LogP contribution < -0.4 is 10.6 Å². The third-order valence-corrected chi connectivity index (χ3v) is 3.98. The van der Waals surface area contributed by atoms with E-state index in [4.69, 9.17) is 0 Å². The molecular formula is C18H25N3O3. The maximum absolute atomic E-state index is 12.9. The van der Waals surface area contributed by atoms with Crippen LogP contribution in [0.25, 0.3) is 0 Å². The molecular weight excluding hydrogens is 306 g/mol. The summed E-state index contributed by atoms with van der Waals surface area (Å²) in [4.78, 5) is 37.4. The Bertz CT molecular complexity index is 613. The number of hydrogen-bond acceptors (Lipinski definition) is 3. The Kier molecular flexibility index (Phi) is 5.59. The van der Waals surface area contributed by atoms with E-state index in [1.54, 1.807) is 18.2 Å². The Labute approximate surface area is 142 Å². The summed E-state index contributed by atoms with van der Waals surface area (Å²) < 4.78 is 0. The van der Waals surface area contributed by atoms with Gasteiger partial charge < -0.3 is 15.5 Å². The molecule has 0 spiro atoms. The zero-order chi connectivity index (χ0) is 17.9. The highest BCUT2D eigenvalue weighted by molar-refractivity contribution is 6.00. The van der Waals surface area contributed by atoms with Gasteiger partial charge in [0.05, 0.1) is 0 Å². The monoisotopic (exact) mass is 331 g/mol. The fourth-order valence-corrected chi connectivity index (χ4v) is 3.31. The van der Waals surface area contributed by atoms with E-state index < -0.39 is 0 Å². The minimum Gasteiger partial charge on any atom is -0.338 e. The summed E-state index contributed by atoms with van der Waals surface area (Å²) in [5, 5.41) is 5.35. The Morgan fingerprint density at radius 2 is 1.38 bits per heavy atom. The summed E-state index contributed by atoms with van der Waals surface area (Å²) in [5.41, 5.74) is 1.46. The predicted molar refractivity (Wildman–Crippen MR) is 93.9 cm³/mol. The largest absolute Gasteiger partial charge is 0.338 e. The molecule has 1 aliphatic rings. The van der Waals surface area contributed by atoms with Crippen molar-refractivity contribution in [2.45, 2.75) is 34.1 Å². The lowest BCUT2D eigenvalue weighted by Crippen LogP contribution is -2.42. The number of carbonyl (C=O) groups excluding carboxylic acids is 3. The summed E-state index contributed by atoms with van der Waals surface area (Å²) in [5.74, 6) is 0.395. The molecule has 1 aliphatic heterocycles. The molecule has 1 saturated heterocycles. The molecule has 0 aliphatic carbocycles. The lowest BCUT2D eigenvalue weighted by molar-refractivity contribution is -0.115. The molecule has 0 saturated carbocycles. The van der Waals surface area contributed by atoms with Gasteiger partial charge in [-0.2, -0.15) is 0 Å². The topological polar surface area (TPSA) is 78.5 Å². The van der Waals surface area contributed by atoms with Crippen molar-refractivity contribution in [3.63, 3.8) is 0 Å². The highest BCUT2D eigenvalue weighted by Crippen LogP contribution is 2.25. The quantitative estimate of drug-likeness (QED) is 0.894. The van der Waals surface area contributed by atoms with Gasteiger partial charge in [0, 0.05) is 43.9 Å². The van der Waals surface area contributed by atoms with Gasteiger partial charge in [-0.15, -0.1) is 0 Å². The van der Waals surface area contributed by atoms with Crippen molar-refractivity contribution >= 4 is 29.1 Å². The smallest absolute Gasteiger partial charge is 0.254 e. The Hall–Kier alpha value is -2.37. The van der Waals surface area contributed by atoms with Crippen LogP contribution in [0.15, 0.2) is 18.2 Å². The number of hydrogen-bond donors (Lipinski definition) is 2. The predicted octanol–water partition coefficient (Wildman–Crippen LogP) is 2.72. The first kappa shape index (κ1) is 18.0. The Morgan fingerprint density at radius 1 is 0.917 bits per heavy atom. The van der Waals surface area contributed by atoms with Crippen molar-refractivity contribution in [2.24, 2.45) is 11.8 Å². The van der Waals surface area contributed by atoms with E-state index in [1.165, 1.54) is 13.8 Å². The van der Waals surface area contributed by atoms with E-state index in [0.717, 1.165) is 19.5 Å². The molecule has 1 heterocycles. The van der Waals surface area contributed by atoms with Gasteiger partial charge in [-0.3, -0.25) is 14.4 Å². The first-order valence-electron chi connectivity index (χ1n) is 8.24. The van der Waals surface area contributed by atoms with E-state index in [1.807, 2.05) is 4.90 Å². The Balaban J connectivity index is 2.30. The number of nitrogens with one attached hydrogen (secondary N) is 2. The fraction of sp³-hybridized carbons (Fsp3) is 0.500. The van der Waals surface area contributed by atoms with Gasteiger partial charge in [-0.1, -0.05) is 13.8 Å². The molecule has 0 bridgehead atoms. The van der Waals surface area contributed by atoms with Gasteiger partial charge in [0.2, 0.25) is 11.8 Å². The van der Waals surface area contributed by atoms with Crippen molar-refractivity contribution < 1.29 is 14.4 Å². The highest BCUT2D eigenvalue weighted by atomic mass is 16.2. The van der Waals surface area contributed by atoms with E-state index in [2.05, 4.69) is 24.5 Å². The summed E-state index contributed by atoms with van der Waals surface area (Å²) in [6.45, 7) is 8.55. The molecule has 1 fully saturated rings. The molecule has 24 heavy (non-hydrogen) atoms. The SMILES string of the molecule is CC(=O)Nc1cc(NC(C)=O)cc(C(=O)N2C[C@H](C)C[C@H](C)C2)c1. The number of benzene rings is 1. The first-order valence-corrected chi connectivity index (χ1v) is 8.24. The van der Waals surface area contributed by atoms with E-state index in [-0.39, 0.29) is 17.7 Å². The molecule has 1 aromatic carbocycles. The summed E-state index contributed by atoms with van der Waals surface area (Å²) in [6.07, 6.45) is 1.12. The summed E-state index contributed by atoms with van der Waals surface area (Å²) in [6, 6.07) is 4.94. The van der Waals surface area contributed by atoms with Crippen molar-refractivity contribution in [3.05, 3.63) is 23.8 Å². The van der Waals surface area contributed by atoms with Gasteiger partial charge >= 0.3 is 0 Å². The van der Waals surface area contributed by atoms with Gasteiger partial charge in [0.1, 0.15) is 0 Å². The molecule has 0 aromatic heterocycles. The molecule has 6 nitrogen and oxygen atoms in total. The number of piperidine rings is 1. The van der Waals surface area contributed by atoms with E-state index in [9.17, 15) is 14.4 Å². The lowest BCUT2D eigenvalue weighted by atomic mass is 9.91. The van der Waals surface area contributed by atoms with Crippen molar-refractivity contribution in [1.29, 1.82) is 0 Å². The third kappa shape index (κ3) is 4.81. The van der Waals surface area contributed by atoms with Crippen molar-refractivity contribution in [1.82, 2.24) is 4.90 Å². The van der Waals surface area contributed by atoms with Crippen LogP contribution in [0.2, 0.25) is 0 Å². The van der Waals surface area contributed by atoms with Gasteiger partial charge in [0.15, 0.2) is 0 Å². The van der Waals surface area contributed by atoms with Crippen LogP contribution in [0.1, 0.15) is 44.5 Å². The first-order chi connectivity index (χ1) is 11.2. The number of anilines is 2. The van der Waals surface area contributed by atoms with Gasteiger partial charge in [-0.05, 0) is 36.5 Å². The van der Waals surface area contributed by atoms with Crippen LogP contribution in [0.4, 0.5) is 11.4 Å². The third-order valence-electron chi connectivity index (χ3n) is 3.98. The van der Waals surface area contributed by atoms with Crippen LogP contribution in [-0.2, 0) is 9.59 Å². The zero-order valence-electron chi connectivity index (χ0n) is 14.7. The second-order valence-corrected chi connectivity index (χ2v) is 6.82. The minimum absolute atomic E-state index is 0.0767. The van der Waals surface area contributed by atoms with Crippen LogP contribution in [0.5, 0.6) is 0 Å². The normalized spacial score (nSPS) is 20.4. The second-order valence-electron chi connectivity index (χ2n) is 6.82. The molecule has 1 aromatic rings. The molecule has 0 unspecified atom stereocenters. The second kappa shape index (κ2) is 7.47. The highest BCUT2D eigenvalue weighted by Gasteiger charge is 2.26. The fourth-order valence-electron chi connectivity index (χ4n) is 3.31. The number of carbonyl (C=O) groups is 3. The number of amides is 3.